The highest BCUT2D eigenvalue weighted by Crippen LogP contribution is 2.26. The highest BCUT2D eigenvalue weighted by Gasteiger charge is 2.11. The van der Waals surface area contributed by atoms with Crippen LogP contribution in [0.3, 0.4) is 0 Å². The van der Waals surface area contributed by atoms with Gasteiger partial charge in [-0.1, -0.05) is 12.1 Å². The number of hydrogen-bond donors (Lipinski definition) is 1. The first kappa shape index (κ1) is 10.7. The maximum atomic E-state index is 11.3. The Labute approximate surface area is 94.4 Å². The van der Waals surface area contributed by atoms with Crippen molar-refractivity contribution >= 4 is 16.9 Å². The first-order chi connectivity index (χ1) is 7.63. The van der Waals surface area contributed by atoms with Crippen molar-refractivity contribution in [3.05, 3.63) is 35.1 Å². The van der Waals surface area contributed by atoms with Gasteiger partial charge in [-0.05, 0) is 25.0 Å². The summed E-state index contributed by atoms with van der Waals surface area (Å²) in [4.78, 5) is 11.3. The minimum absolute atomic E-state index is 0.000859. The van der Waals surface area contributed by atoms with Crippen LogP contribution >= 0.6 is 0 Å². The average Bonchev–Trinajstić information content (AvgIpc) is 2.67. The lowest BCUT2D eigenvalue weighted by Gasteiger charge is -2.01. The molecule has 1 aromatic carbocycles. The van der Waals surface area contributed by atoms with Gasteiger partial charge < -0.3 is 9.73 Å². The van der Waals surface area contributed by atoms with Crippen LogP contribution in [-0.4, -0.2) is 13.0 Å². The summed E-state index contributed by atoms with van der Waals surface area (Å²) in [6.45, 7) is 4.08. The Balaban J connectivity index is 2.50. The fourth-order valence-electron chi connectivity index (χ4n) is 1.79. The van der Waals surface area contributed by atoms with Gasteiger partial charge in [-0.2, -0.15) is 0 Å². The van der Waals surface area contributed by atoms with E-state index in [4.69, 9.17) is 4.42 Å². The molecule has 3 nitrogen and oxygen atoms in total. The van der Waals surface area contributed by atoms with Gasteiger partial charge in [0.15, 0.2) is 0 Å². The van der Waals surface area contributed by atoms with E-state index in [-0.39, 0.29) is 5.91 Å². The second kappa shape index (κ2) is 4.00. The molecular weight excluding hydrogens is 202 g/mol. The molecule has 0 bridgehead atoms. The van der Waals surface area contributed by atoms with E-state index in [0.29, 0.717) is 6.42 Å². The number of rotatable bonds is 2. The summed E-state index contributed by atoms with van der Waals surface area (Å²) in [6.07, 6.45) is 2.04. The Kier molecular flexibility index (Phi) is 2.69. The molecule has 0 atom stereocenters. The first-order valence-electron chi connectivity index (χ1n) is 5.30. The van der Waals surface area contributed by atoms with E-state index < -0.39 is 0 Å². The molecule has 0 radical (unpaired) electrons. The zero-order valence-corrected chi connectivity index (χ0v) is 9.76. The molecule has 1 N–H and O–H groups in total. The van der Waals surface area contributed by atoms with Gasteiger partial charge in [-0.3, -0.25) is 4.79 Å². The minimum atomic E-state index is 0.000859. The molecule has 1 aromatic heterocycles. The number of carbonyl (C=O) groups excluding carboxylic acids is 1. The van der Waals surface area contributed by atoms with Gasteiger partial charge in [0.2, 0.25) is 5.91 Å². The number of likely N-dealkylation sites (N-methyl/N-ethyl adjacent to an activating group) is 1. The van der Waals surface area contributed by atoms with Crippen molar-refractivity contribution in [1.82, 2.24) is 5.32 Å². The molecule has 1 heterocycles. The van der Waals surface area contributed by atoms with E-state index in [1.807, 2.05) is 13.0 Å². The normalized spacial score (nSPS) is 10.7. The number of hydrogen-bond acceptors (Lipinski definition) is 2. The van der Waals surface area contributed by atoms with Crippen LogP contribution in [0.5, 0.6) is 0 Å². The Morgan fingerprint density at radius 3 is 2.81 bits per heavy atom. The van der Waals surface area contributed by atoms with Crippen molar-refractivity contribution in [3.8, 4) is 0 Å². The molecule has 0 saturated heterocycles. The average molecular weight is 217 g/mol. The van der Waals surface area contributed by atoms with Gasteiger partial charge in [0.05, 0.1) is 12.7 Å². The van der Waals surface area contributed by atoms with E-state index in [2.05, 4.69) is 18.3 Å². The van der Waals surface area contributed by atoms with E-state index in [1.54, 1.807) is 13.3 Å². The monoisotopic (exact) mass is 217 g/mol. The van der Waals surface area contributed by atoms with Crippen LogP contribution in [0.25, 0.3) is 11.0 Å². The van der Waals surface area contributed by atoms with Gasteiger partial charge >= 0.3 is 0 Å². The zero-order valence-electron chi connectivity index (χ0n) is 9.76. The van der Waals surface area contributed by atoms with Gasteiger partial charge in [0.25, 0.3) is 0 Å². The molecule has 1 amide bonds. The van der Waals surface area contributed by atoms with Crippen molar-refractivity contribution in [2.45, 2.75) is 20.3 Å². The zero-order chi connectivity index (χ0) is 11.7. The Bertz CT molecular complexity index is 540. The number of nitrogens with one attached hydrogen (secondary N) is 1. The number of carbonyl (C=O) groups is 1. The fourth-order valence-corrected chi connectivity index (χ4v) is 1.79. The summed E-state index contributed by atoms with van der Waals surface area (Å²) in [5.41, 5.74) is 4.17. The van der Waals surface area contributed by atoms with Gasteiger partial charge in [-0.25, -0.2) is 0 Å². The largest absolute Gasteiger partial charge is 0.464 e. The number of benzene rings is 1. The second-order valence-corrected chi connectivity index (χ2v) is 4.00. The quantitative estimate of drug-likeness (QED) is 0.839. The third-order valence-electron chi connectivity index (χ3n) is 2.97. The third kappa shape index (κ3) is 1.69. The van der Waals surface area contributed by atoms with Crippen molar-refractivity contribution in [1.29, 1.82) is 0 Å². The van der Waals surface area contributed by atoms with Crippen LogP contribution in [0.4, 0.5) is 0 Å². The third-order valence-corrected chi connectivity index (χ3v) is 2.97. The summed E-state index contributed by atoms with van der Waals surface area (Å²) in [7, 11) is 1.64. The number of fused-ring (bicyclic) bond motifs is 1. The van der Waals surface area contributed by atoms with Crippen molar-refractivity contribution in [3.63, 3.8) is 0 Å². The molecule has 16 heavy (non-hydrogen) atoms. The topological polar surface area (TPSA) is 42.2 Å². The summed E-state index contributed by atoms with van der Waals surface area (Å²) in [6, 6.07) is 4.07. The number of aryl methyl sites for hydroxylation is 2. The van der Waals surface area contributed by atoms with Crippen molar-refractivity contribution < 1.29 is 9.21 Å². The van der Waals surface area contributed by atoms with E-state index in [9.17, 15) is 4.79 Å². The molecule has 0 aliphatic rings. The molecule has 0 fully saturated rings. The highest BCUT2D eigenvalue weighted by atomic mass is 16.3. The molecule has 0 unspecified atom stereocenters. The van der Waals surface area contributed by atoms with Crippen LogP contribution in [0.2, 0.25) is 0 Å². The molecule has 2 rings (SSSR count). The Hall–Kier alpha value is -1.77. The minimum Gasteiger partial charge on any atom is -0.464 e. The standard InChI is InChI=1S/C13H15NO2/c1-8-4-5-11-10(6-12(15)14-3)7-16-13(11)9(8)2/h4-5,7H,6H2,1-3H3,(H,14,15). The summed E-state index contributed by atoms with van der Waals surface area (Å²) in [5, 5.41) is 3.65. The molecule has 0 aliphatic heterocycles. The fraction of sp³-hybridized carbons (Fsp3) is 0.308. The molecule has 0 saturated carbocycles. The maximum Gasteiger partial charge on any atom is 0.224 e. The number of furan rings is 1. The lowest BCUT2D eigenvalue weighted by Crippen LogP contribution is -2.19. The second-order valence-electron chi connectivity index (χ2n) is 4.00. The van der Waals surface area contributed by atoms with Crippen molar-refractivity contribution in [2.75, 3.05) is 7.05 Å². The molecule has 0 aliphatic carbocycles. The van der Waals surface area contributed by atoms with E-state index in [0.717, 1.165) is 22.1 Å². The summed E-state index contributed by atoms with van der Waals surface area (Å²) >= 11 is 0. The molecule has 84 valence electrons. The highest BCUT2D eigenvalue weighted by molar-refractivity contribution is 5.89. The summed E-state index contributed by atoms with van der Waals surface area (Å²) < 4.78 is 5.53. The molecule has 0 spiro atoms. The first-order valence-corrected chi connectivity index (χ1v) is 5.30. The van der Waals surface area contributed by atoms with Gasteiger partial charge in [0.1, 0.15) is 5.58 Å². The smallest absolute Gasteiger partial charge is 0.224 e. The van der Waals surface area contributed by atoms with Gasteiger partial charge in [-0.15, -0.1) is 0 Å². The Morgan fingerprint density at radius 2 is 2.12 bits per heavy atom. The summed E-state index contributed by atoms with van der Waals surface area (Å²) in [5.74, 6) is 0.000859. The lowest BCUT2D eigenvalue weighted by molar-refractivity contribution is -0.119. The lowest BCUT2D eigenvalue weighted by atomic mass is 10.0. The van der Waals surface area contributed by atoms with Crippen LogP contribution in [0.15, 0.2) is 22.8 Å². The van der Waals surface area contributed by atoms with Crippen LogP contribution < -0.4 is 5.32 Å². The predicted octanol–water partition coefficient (Wildman–Crippen LogP) is 2.34. The molecule has 3 heteroatoms. The Morgan fingerprint density at radius 1 is 1.38 bits per heavy atom. The van der Waals surface area contributed by atoms with Crippen LogP contribution in [0.1, 0.15) is 16.7 Å². The van der Waals surface area contributed by atoms with E-state index >= 15 is 0 Å². The molecule has 2 aromatic rings. The maximum absolute atomic E-state index is 11.3. The number of amides is 1. The van der Waals surface area contributed by atoms with Gasteiger partial charge in [0, 0.05) is 18.0 Å². The SMILES string of the molecule is CNC(=O)Cc1coc2c(C)c(C)ccc12. The van der Waals surface area contributed by atoms with Crippen LogP contribution in [0, 0.1) is 13.8 Å². The van der Waals surface area contributed by atoms with Crippen LogP contribution in [-0.2, 0) is 11.2 Å². The molecular formula is C13H15NO2. The predicted molar refractivity (Wildman–Crippen MR) is 63.5 cm³/mol. The van der Waals surface area contributed by atoms with Crippen molar-refractivity contribution in [2.24, 2.45) is 0 Å². The van der Waals surface area contributed by atoms with E-state index in [1.165, 1.54) is 5.56 Å².